The summed E-state index contributed by atoms with van der Waals surface area (Å²) >= 11 is 1.59. The van der Waals surface area contributed by atoms with Crippen LogP contribution < -0.4 is 5.32 Å². The maximum absolute atomic E-state index is 4.11. The second-order valence-corrected chi connectivity index (χ2v) is 5.97. The highest BCUT2D eigenvalue weighted by Gasteiger charge is 2.11. The number of nitrogens with one attached hydrogen (secondary N) is 1. The van der Waals surface area contributed by atoms with Crippen molar-refractivity contribution in [3.8, 4) is 0 Å². The first-order valence-electron chi connectivity index (χ1n) is 6.11. The lowest BCUT2D eigenvalue weighted by atomic mass is 9.97. The molecule has 2 aromatic rings. The van der Waals surface area contributed by atoms with E-state index in [-0.39, 0.29) is 6.04 Å². The Kier molecular flexibility index (Phi) is 3.66. The van der Waals surface area contributed by atoms with Crippen molar-refractivity contribution in [2.24, 2.45) is 0 Å². The van der Waals surface area contributed by atoms with Crippen molar-refractivity contribution in [1.82, 2.24) is 10.2 Å². The quantitative estimate of drug-likeness (QED) is 0.909. The van der Waals surface area contributed by atoms with Crippen LogP contribution in [0.2, 0.25) is 0 Å². The molecular weight excluding hydrogens is 242 g/mol. The van der Waals surface area contributed by atoms with Crippen LogP contribution in [0.4, 0.5) is 5.13 Å². The molecule has 3 nitrogen and oxygen atoms in total. The average Bonchev–Trinajstić information content (AvgIpc) is 2.69. The van der Waals surface area contributed by atoms with E-state index in [1.165, 1.54) is 22.3 Å². The zero-order chi connectivity index (χ0) is 13.3. The summed E-state index contributed by atoms with van der Waals surface area (Å²) in [4.78, 5) is 0. The Morgan fingerprint density at radius 3 is 2.28 bits per heavy atom. The lowest BCUT2D eigenvalue weighted by Crippen LogP contribution is -2.08. The van der Waals surface area contributed by atoms with E-state index in [0.29, 0.717) is 0 Å². The van der Waals surface area contributed by atoms with Gasteiger partial charge in [0.25, 0.3) is 0 Å². The van der Waals surface area contributed by atoms with Crippen molar-refractivity contribution in [3.63, 3.8) is 0 Å². The molecule has 1 aromatic heterocycles. The molecule has 1 atom stereocenters. The fourth-order valence-corrected chi connectivity index (χ4v) is 2.75. The van der Waals surface area contributed by atoms with Gasteiger partial charge in [-0.25, -0.2) is 0 Å². The van der Waals surface area contributed by atoms with Gasteiger partial charge < -0.3 is 5.32 Å². The van der Waals surface area contributed by atoms with Crippen LogP contribution in [0.15, 0.2) is 12.1 Å². The van der Waals surface area contributed by atoms with Gasteiger partial charge in [-0.3, -0.25) is 0 Å². The lowest BCUT2D eigenvalue weighted by Gasteiger charge is -2.17. The molecule has 4 heteroatoms. The van der Waals surface area contributed by atoms with Crippen LogP contribution in [0.3, 0.4) is 0 Å². The molecule has 0 aliphatic carbocycles. The van der Waals surface area contributed by atoms with Crippen LogP contribution in [-0.4, -0.2) is 10.2 Å². The highest BCUT2D eigenvalue weighted by molar-refractivity contribution is 7.15. The Labute approximate surface area is 112 Å². The molecular formula is C14H19N3S. The Bertz CT molecular complexity index is 560. The molecule has 1 unspecified atom stereocenters. The van der Waals surface area contributed by atoms with Crippen LogP contribution in [0.25, 0.3) is 0 Å². The first-order chi connectivity index (χ1) is 8.47. The third-order valence-corrected chi connectivity index (χ3v) is 3.98. The molecule has 0 radical (unpaired) electrons. The summed E-state index contributed by atoms with van der Waals surface area (Å²) in [5, 5.41) is 13.4. The minimum Gasteiger partial charge on any atom is -0.354 e. The summed E-state index contributed by atoms with van der Waals surface area (Å²) < 4.78 is 0. The first kappa shape index (κ1) is 13.0. The van der Waals surface area contributed by atoms with E-state index < -0.39 is 0 Å². The fourth-order valence-electron chi connectivity index (χ4n) is 2.07. The Hall–Kier alpha value is -1.42. The van der Waals surface area contributed by atoms with E-state index in [4.69, 9.17) is 0 Å². The zero-order valence-electron chi connectivity index (χ0n) is 11.5. The Balaban J connectivity index is 2.23. The van der Waals surface area contributed by atoms with Crippen LogP contribution in [0.1, 0.15) is 40.2 Å². The van der Waals surface area contributed by atoms with Gasteiger partial charge in [-0.1, -0.05) is 23.5 Å². The molecule has 0 saturated heterocycles. The first-order valence-corrected chi connectivity index (χ1v) is 6.93. The van der Waals surface area contributed by atoms with Gasteiger partial charge in [0.15, 0.2) is 0 Å². The summed E-state index contributed by atoms with van der Waals surface area (Å²) in [6.07, 6.45) is 0. The predicted octanol–water partition coefficient (Wildman–Crippen LogP) is 3.94. The second-order valence-electron chi connectivity index (χ2n) is 4.79. The third kappa shape index (κ3) is 2.70. The van der Waals surface area contributed by atoms with Gasteiger partial charge in [0.1, 0.15) is 5.01 Å². The molecule has 18 heavy (non-hydrogen) atoms. The van der Waals surface area contributed by atoms with Crippen molar-refractivity contribution in [3.05, 3.63) is 39.4 Å². The lowest BCUT2D eigenvalue weighted by molar-refractivity contribution is 0.860. The number of benzene rings is 1. The van der Waals surface area contributed by atoms with E-state index in [1.807, 2.05) is 6.92 Å². The SMILES string of the molecule is Cc1nnc(NC(C)c2cc(C)c(C)cc2C)s1. The molecule has 0 saturated carbocycles. The molecule has 0 amide bonds. The minimum atomic E-state index is 0.247. The number of hydrogen-bond acceptors (Lipinski definition) is 4. The highest BCUT2D eigenvalue weighted by Crippen LogP contribution is 2.26. The summed E-state index contributed by atoms with van der Waals surface area (Å²) in [5.74, 6) is 0. The van der Waals surface area contributed by atoms with Gasteiger partial charge in [-0.2, -0.15) is 0 Å². The predicted molar refractivity (Wildman–Crippen MR) is 77.3 cm³/mol. The van der Waals surface area contributed by atoms with Crippen LogP contribution in [-0.2, 0) is 0 Å². The molecule has 1 aromatic carbocycles. The van der Waals surface area contributed by atoms with Crippen LogP contribution in [0.5, 0.6) is 0 Å². The summed E-state index contributed by atoms with van der Waals surface area (Å²) in [6.45, 7) is 10.6. The number of nitrogens with zero attached hydrogens (tertiary/aromatic N) is 2. The summed E-state index contributed by atoms with van der Waals surface area (Å²) in [7, 11) is 0. The molecule has 1 heterocycles. The molecule has 96 valence electrons. The van der Waals surface area contributed by atoms with Gasteiger partial charge in [-0.05, 0) is 56.9 Å². The van der Waals surface area contributed by atoms with Crippen molar-refractivity contribution in [2.75, 3.05) is 5.32 Å². The fraction of sp³-hybridized carbons (Fsp3) is 0.429. The number of rotatable bonds is 3. The Morgan fingerprint density at radius 1 is 1.00 bits per heavy atom. The monoisotopic (exact) mass is 261 g/mol. The molecule has 2 rings (SSSR count). The second kappa shape index (κ2) is 5.06. The number of anilines is 1. The van der Waals surface area contributed by atoms with Gasteiger partial charge in [0.2, 0.25) is 5.13 Å². The Morgan fingerprint density at radius 2 is 1.67 bits per heavy atom. The van der Waals surface area contributed by atoms with Crippen LogP contribution in [0, 0.1) is 27.7 Å². The molecule has 0 aliphatic rings. The smallest absolute Gasteiger partial charge is 0.206 e. The van der Waals surface area contributed by atoms with E-state index >= 15 is 0 Å². The molecule has 0 bridgehead atoms. The van der Waals surface area contributed by atoms with Gasteiger partial charge >= 0.3 is 0 Å². The molecule has 0 fully saturated rings. The number of aryl methyl sites for hydroxylation is 4. The van der Waals surface area contributed by atoms with E-state index in [1.54, 1.807) is 11.3 Å². The van der Waals surface area contributed by atoms with Crippen molar-refractivity contribution < 1.29 is 0 Å². The largest absolute Gasteiger partial charge is 0.354 e. The summed E-state index contributed by atoms with van der Waals surface area (Å²) in [5.41, 5.74) is 5.32. The summed E-state index contributed by atoms with van der Waals surface area (Å²) in [6, 6.07) is 4.75. The normalized spacial score (nSPS) is 12.5. The zero-order valence-corrected chi connectivity index (χ0v) is 12.4. The molecule has 1 N–H and O–H groups in total. The number of aromatic nitrogens is 2. The highest BCUT2D eigenvalue weighted by atomic mass is 32.1. The maximum atomic E-state index is 4.11. The van der Waals surface area contributed by atoms with E-state index in [0.717, 1.165) is 10.1 Å². The van der Waals surface area contributed by atoms with E-state index in [2.05, 4.69) is 55.3 Å². The van der Waals surface area contributed by atoms with Gasteiger partial charge in [-0.15, -0.1) is 10.2 Å². The topological polar surface area (TPSA) is 37.8 Å². The van der Waals surface area contributed by atoms with Crippen molar-refractivity contribution in [2.45, 2.75) is 40.7 Å². The number of hydrogen-bond donors (Lipinski definition) is 1. The molecule has 0 aliphatic heterocycles. The van der Waals surface area contributed by atoms with Crippen molar-refractivity contribution in [1.29, 1.82) is 0 Å². The maximum Gasteiger partial charge on any atom is 0.206 e. The third-order valence-electron chi connectivity index (χ3n) is 3.21. The van der Waals surface area contributed by atoms with E-state index in [9.17, 15) is 0 Å². The van der Waals surface area contributed by atoms with Gasteiger partial charge in [0.05, 0.1) is 6.04 Å². The van der Waals surface area contributed by atoms with Gasteiger partial charge in [0, 0.05) is 0 Å². The minimum absolute atomic E-state index is 0.247. The molecule has 0 spiro atoms. The average molecular weight is 261 g/mol. The van der Waals surface area contributed by atoms with Crippen molar-refractivity contribution >= 4 is 16.5 Å². The van der Waals surface area contributed by atoms with Crippen LogP contribution >= 0.6 is 11.3 Å². The standard InChI is InChI=1S/C14H19N3S/c1-8-6-10(3)13(7-9(8)2)11(4)15-14-17-16-12(5)18-14/h6-7,11H,1-5H3,(H,15,17).